The van der Waals surface area contributed by atoms with Crippen molar-refractivity contribution in [3.05, 3.63) is 54.1 Å². The second-order valence-corrected chi connectivity index (χ2v) is 6.21. The molecule has 1 saturated carbocycles. The quantitative estimate of drug-likeness (QED) is 0.847. The van der Waals surface area contributed by atoms with Crippen LogP contribution in [-0.2, 0) is 16.0 Å². The molecule has 1 fully saturated rings. The summed E-state index contributed by atoms with van der Waals surface area (Å²) in [4.78, 5) is 24.6. The third-order valence-electron chi connectivity index (χ3n) is 4.43. The van der Waals surface area contributed by atoms with Crippen LogP contribution in [-0.4, -0.2) is 18.9 Å². The number of rotatable bonds is 6. The zero-order valence-corrected chi connectivity index (χ0v) is 14.4. The van der Waals surface area contributed by atoms with E-state index >= 15 is 0 Å². The number of aryl methyl sites for hydroxylation is 1. The second-order valence-electron chi connectivity index (χ2n) is 6.21. The molecule has 25 heavy (non-hydrogen) atoms. The highest BCUT2D eigenvalue weighted by atomic mass is 16.5. The molecule has 130 valence electrons. The van der Waals surface area contributed by atoms with Crippen LogP contribution in [0.5, 0.6) is 5.75 Å². The van der Waals surface area contributed by atoms with Gasteiger partial charge in [0.25, 0.3) is 0 Å². The van der Waals surface area contributed by atoms with Crippen molar-refractivity contribution in [3.8, 4) is 5.75 Å². The molecule has 2 atom stereocenters. The normalized spacial score (nSPS) is 18.3. The van der Waals surface area contributed by atoms with Crippen LogP contribution in [0.4, 0.5) is 11.4 Å². The van der Waals surface area contributed by atoms with Crippen LogP contribution in [0, 0.1) is 11.8 Å². The summed E-state index contributed by atoms with van der Waals surface area (Å²) in [5, 5.41) is 5.73. The van der Waals surface area contributed by atoms with Gasteiger partial charge in [0, 0.05) is 17.4 Å². The molecule has 0 heterocycles. The Kier molecular flexibility index (Phi) is 5.03. The van der Waals surface area contributed by atoms with E-state index in [4.69, 9.17) is 4.74 Å². The van der Waals surface area contributed by atoms with Gasteiger partial charge in [0.2, 0.25) is 11.8 Å². The highest BCUT2D eigenvalue weighted by Gasteiger charge is 2.48. The van der Waals surface area contributed by atoms with E-state index in [-0.39, 0.29) is 23.7 Å². The van der Waals surface area contributed by atoms with E-state index in [1.165, 1.54) is 5.56 Å². The molecule has 2 unspecified atom stereocenters. The number of ether oxygens (including phenoxy) is 1. The SMILES string of the molecule is CCc1ccc(NC(=O)C2CC2C(=O)Nc2cccc(OC)c2)cc1. The predicted molar refractivity (Wildman–Crippen MR) is 97.7 cm³/mol. The number of amides is 2. The standard InChI is InChI=1S/C20H22N2O3/c1-3-13-7-9-14(10-8-13)21-19(23)17-12-18(17)20(24)22-15-5-4-6-16(11-15)25-2/h4-11,17-18H,3,12H2,1-2H3,(H,21,23)(H,22,24). The van der Waals surface area contributed by atoms with E-state index in [2.05, 4.69) is 17.6 Å². The minimum atomic E-state index is -0.277. The number of carbonyl (C=O) groups is 2. The first-order valence-electron chi connectivity index (χ1n) is 8.45. The van der Waals surface area contributed by atoms with Gasteiger partial charge in [-0.2, -0.15) is 0 Å². The van der Waals surface area contributed by atoms with Crippen molar-refractivity contribution < 1.29 is 14.3 Å². The Morgan fingerprint density at radius 2 is 1.64 bits per heavy atom. The van der Waals surface area contributed by atoms with E-state index in [9.17, 15) is 9.59 Å². The molecular weight excluding hydrogens is 316 g/mol. The summed E-state index contributed by atoms with van der Waals surface area (Å²) in [5.74, 6) is -0.0965. The smallest absolute Gasteiger partial charge is 0.228 e. The predicted octanol–water partition coefficient (Wildman–Crippen LogP) is 3.47. The van der Waals surface area contributed by atoms with E-state index in [1.54, 1.807) is 19.2 Å². The van der Waals surface area contributed by atoms with Crippen molar-refractivity contribution in [2.75, 3.05) is 17.7 Å². The van der Waals surface area contributed by atoms with Crippen molar-refractivity contribution in [2.45, 2.75) is 19.8 Å². The van der Waals surface area contributed by atoms with Gasteiger partial charge in [-0.25, -0.2) is 0 Å². The van der Waals surface area contributed by atoms with Gasteiger partial charge in [-0.05, 0) is 42.7 Å². The highest BCUT2D eigenvalue weighted by Crippen LogP contribution is 2.40. The molecular formula is C20H22N2O3. The minimum absolute atomic E-state index is 0.102. The molecule has 5 heteroatoms. The molecule has 2 amide bonds. The number of benzene rings is 2. The first-order valence-corrected chi connectivity index (χ1v) is 8.45. The van der Waals surface area contributed by atoms with Gasteiger partial charge in [0.1, 0.15) is 5.75 Å². The third kappa shape index (κ3) is 4.18. The molecule has 3 rings (SSSR count). The van der Waals surface area contributed by atoms with E-state index < -0.39 is 0 Å². The van der Waals surface area contributed by atoms with Gasteiger partial charge in [-0.3, -0.25) is 9.59 Å². The lowest BCUT2D eigenvalue weighted by atomic mass is 10.1. The number of hydrogen-bond donors (Lipinski definition) is 2. The van der Waals surface area contributed by atoms with Gasteiger partial charge >= 0.3 is 0 Å². The second kappa shape index (κ2) is 7.38. The average molecular weight is 338 g/mol. The fourth-order valence-corrected chi connectivity index (χ4v) is 2.77. The van der Waals surface area contributed by atoms with Crippen molar-refractivity contribution in [1.29, 1.82) is 0 Å². The Balaban J connectivity index is 1.53. The lowest BCUT2D eigenvalue weighted by Crippen LogP contribution is -2.20. The summed E-state index contributed by atoms with van der Waals surface area (Å²) >= 11 is 0. The molecule has 1 aliphatic carbocycles. The summed E-state index contributed by atoms with van der Waals surface area (Å²) in [6.45, 7) is 2.09. The number of anilines is 2. The van der Waals surface area contributed by atoms with Gasteiger partial charge in [0.15, 0.2) is 0 Å². The monoisotopic (exact) mass is 338 g/mol. The van der Waals surface area contributed by atoms with Gasteiger partial charge in [-0.15, -0.1) is 0 Å². The average Bonchev–Trinajstić information content (AvgIpc) is 3.43. The Bertz CT molecular complexity index is 771. The van der Waals surface area contributed by atoms with Crippen molar-refractivity contribution in [3.63, 3.8) is 0 Å². The fourth-order valence-electron chi connectivity index (χ4n) is 2.77. The maximum atomic E-state index is 12.3. The molecule has 0 radical (unpaired) electrons. The van der Waals surface area contributed by atoms with Crippen LogP contribution < -0.4 is 15.4 Å². The first-order chi connectivity index (χ1) is 12.1. The lowest BCUT2D eigenvalue weighted by molar-refractivity contribution is -0.122. The number of methoxy groups -OCH3 is 1. The molecule has 0 saturated heterocycles. The summed E-state index contributed by atoms with van der Waals surface area (Å²) in [6.07, 6.45) is 1.54. The van der Waals surface area contributed by atoms with E-state index in [1.807, 2.05) is 36.4 Å². The van der Waals surface area contributed by atoms with Crippen molar-refractivity contribution >= 4 is 23.2 Å². The Morgan fingerprint density at radius 3 is 2.24 bits per heavy atom. The Labute approximate surface area is 147 Å². The first kappa shape index (κ1) is 17.0. The molecule has 0 bridgehead atoms. The van der Waals surface area contributed by atoms with Gasteiger partial charge < -0.3 is 15.4 Å². The van der Waals surface area contributed by atoms with Crippen molar-refractivity contribution in [1.82, 2.24) is 0 Å². The van der Waals surface area contributed by atoms with Crippen LogP contribution in [0.15, 0.2) is 48.5 Å². The molecule has 2 N–H and O–H groups in total. The van der Waals surface area contributed by atoms with Crippen LogP contribution in [0.3, 0.4) is 0 Å². The van der Waals surface area contributed by atoms with Crippen molar-refractivity contribution in [2.24, 2.45) is 11.8 Å². The topological polar surface area (TPSA) is 67.4 Å². The molecule has 5 nitrogen and oxygen atoms in total. The van der Waals surface area contributed by atoms with Crippen LogP contribution in [0.1, 0.15) is 18.9 Å². The molecule has 0 spiro atoms. The molecule has 2 aromatic carbocycles. The highest BCUT2D eigenvalue weighted by molar-refractivity contribution is 6.03. The van der Waals surface area contributed by atoms with Crippen LogP contribution in [0.25, 0.3) is 0 Å². The Hall–Kier alpha value is -2.82. The van der Waals surface area contributed by atoms with Crippen LogP contribution >= 0.6 is 0 Å². The zero-order chi connectivity index (χ0) is 17.8. The largest absolute Gasteiger partial charge is 0.497 e. The summed E-state index contributed by atoms with van der Waals surface area (Å²) in [5.41, 5.74) is 2.66. The fraction of sp³-hybridized carbons (Fsp3) is 0.300. The minimum Gasteiger partial charge on any atom is -0.497 e. The van der Waals surface area contributed by atoms with E-state index in [0.29, 0.717) is 17.9 Å². The maximum absolute atomic E-state index is 12.3. The van der Waals surface area contributed by atoms with Gasteiger partial charge in [-0.1, -0.05) is 25.1 Å². The maximum Gasteiger partial charge on any atom is 0.228 e. The number of hydrogen-bond acceptors (Lipinski definition) is 3. The zero-order valence-electron chi connectivity index (χ0n) is 14.4. The number of carbonyl (C=O) groups excluding carboxylic acids is 2. The van der Waals surface area contributed by atoms with E-state index in [0.717, 1.165) is 12.1 Å². The molecule has 0 aromatic heterocycles. The number of nitrogens with one attached hydrogen (secondary N) is 2. The van der Waals surface area contributed by atoms with Gasteiger partial charge in [0.05, 0.1) is 18.9 Å². The third-order valence-corrected chi connectivity index (χ3v) is 4.43. The summed E-state index contributed by atoms with van der Waals surface area (Å²) < 4.78 is 5.14. The Morgan fingerprint density at radius 1 is 1.00 bits per heavy atom. The summed E-state index contributed by atoms with van der Waals surface area (Å²) in [7, 11) is 1.58. The summed E-state index contributed by atoms with van der Waals surface area (Å²) in [6, 6.07) is 15.0. The lowest BCUT2D eigenvalue weighted by Gasteiger charge is -2.08. The molecule has 2 aromatic rings. The molecule has 0 aliphatic heterocycles. The van der Waals surface area contributed by atoms with Crippen LogP contribution in [0.2, 0.25) is 0 Å². The molecule has 1 aliphatic rings.